The van der Waals surface area contributed by atoms with E-state index in [0.717, 1.165) is 36.8 Å². The number of rotatable bonds is 6. The topological polar surface area (TPSA) is 51.8 Å². The van der Waals surface area contributed by atoms with E-state index in [-0.39, 0.29) is 37.4 Å². The molecule has 0 amide bonds. The van der Waals surface area contributed by atoms with Gasteiger partial charge >= 0.3 is 0 Å². The highest BCUT2D eigenvalue weighted by Crippen LogP contribution is 2.36. The third-order valence-corrected chi connectivity index (χ3v) is 5.38. The highest BCUT2D eigenvalue weighted by molar-refractivity contribution is 5.85. The summed E-state index contributed by atoms with van der Waals surface area (Å²) >= 11 is 0. The maximum absolute atomic E-state index is 13.2. The van der Waals surface area contributed by atoms with Gasteiger partial charge < -0.3 is 24.8 Å². The molecule has 0 unspecified atom stereocenters. The molecule has 2 atom stereocenters. The van der Waals surface area contributed by atoms with Crippen molar-refractivity contribution in [2.24, 2.45) is 5.92 Å². The van der Waals surface area contributed by atoms with Gasteiger partial charge in [0.1, 0.15) is 11.6 Å². The van der Waals surface area contributed by atoms with Crippen molar-refractivity contribution in [2.75, 3.05) is 26.5 Å². The molecule has 5 nitrogen and oxygen atoms in total. The number of fused-ring (bicyclic) bond motifs is 1. The minimum Gasteiger partial charge on any atom is -0.493 e. The van der Waals surface area contributed by atoms with Crippen molar-refractivity contribution in [1.29, 1.82) is 0 Å². The molecule has 1 fully saturated rings. The van der Waals surface area contributed by atoms with Crippen LogP contribution in [0.25, 0.3) is 0 Å². The Labute approximate surface area is 209 Å². The number of hydrogen-bond donors (Lipinski definition) is 2. The van der Waals surface area contributed by atoms with Gasteiger partial charge in [-0.25, -0.2) is 4.39 Å². The Morgan fingerprint density at radius 3 is 2.30 bits per heavy atom. The molecule has 1 saturated heterocycles. The van der Waals surface area contributed by atoms with E-state index >= 15 is 0 Å². The van der Waals surface area contributed by atoms with Gasteiger partial charge in [-0.1, -0.05) is 39.8 Å². The van der Waals surface area contributed by atoms with Gasteiger partial charge in [-0.3, -0.25) is 0 Å². The molecule has 0 spiro atoms. The summed E-state index contributed by atoms with van der Waals surface area (Å²) < 4.78 is 29.9. The van der Waals surface area contributed by atoms with Gasteiger partial charge in [-0.05, 0) is 48.7 Å². The number of ether oxygens (including phenoxy) is 3. The molecule has 2 N–H and O–H groups in total. The van der Waals surface area contributed by atoms with E-state index in [1.165, 1.54) is 17.7 Å². The summed E-state index contributed by atoms with van der Waals surface area (Å²) in [5, 5.41) is 6.73. The number of benzene rings is 2. The summed E-state index contributed by atoms with van der Waals surface area (Å²) in [5.74, 6) is 2.79. The van der Waals surface area contributed by atoms with Gasteiger partial charge in [-0.15, -0.1) is 24.8 Å². The van der Waals surface area contributed by atoms with Crippen LogP contribution in [0.5, 0.6) is 17.2 Å². The number of hydrogen-bond acceptors (Lipinski definition) is 5. The van der Waals surface area contributed by atoms with Crippen molar-refractivity contribution < 1.29 is 18.6 Å². The molecule has 2 heterocycles. The largest absolute Gasteiger partial charge is 0.493 e. The molecule has 8 heteroatoms. The molecule has 4 rings (SSSR count). The van der Waals surface area contributed by atoms with Crippen molar-refractivity contribution >= 4 is 24.8 Å². The lowest BCUT2D eigenvalue weighted by molar-refractivity contribution is 0.173. The molecule has 0 radical (unpaired) electrons. The van der Waals surface area contributed by atoms with Crippen molar-refractivity contribution in [3.63, 3.8) is 0 Å². The number of piperidine rings is 1. The third-order valence-electron chi connectivity index (χ3n) is 5.38. The van der Waals surface area contributed by atoms with E-state index in [1.54, 1.807) is 0 Å². The minimum atomic E-state index is -0.194. The zero-order chi connectivity index (χ0) is 22.2. The second-order valence-electron chi connectivity index (χ2n) is 8.71. The van der Waals surface area contributed by atoms with Gasteiger partial charge in [0, 0.05) is 30.6 Å². The number of halogens is 3. The highest BCUT2D eigenvalue weighted by Gasteiger charge is 2.27. The first kappa shape index (κ1) is 29.3. The van der Waals surface area contributed by atoms with E-state index < -0.39 is 0 Å². The van der Waals surface area contributed by atoms with Crippen LogP contribution in [0.1, 0.15) is 45.6 Å². The first-order valence-corrected chi connectivity index (χ1v) is 11.2. The SMILES string of the molecule is CC(C)NC(C)C.Cl.Cl.Fc1ccc([C@@H]2CCNC[C@H]2COc2ccc3c(c2)OCO3)cc1. The van der Waals surface area contributed by atoms with Crippen molar-refractivity contribution in [3.8, 4) is 17.2 Å². The van der Waals surface area contributed by atoms with Crippen LogP contribution in [0.2, 0.25) is 0 Å². The van der Waals surface area contributed by atoms with E-state index in [2.05, 4.69) is 38.3 Å². The van der Waals surface area contributed by atoms with Gasteiger partial charge in [-0.2, -0.15) is 0 Å². The van der Waals surface area contributed by atoms with Crippen LogP contribution in [-0.2, 0) is 0 Å². The smallest absolute Gasteiger partial charge is 0.231 e. The first-order valence-electron chi connectivity index (χ1n) is 11.2. The average molecular weight is 503 g/mol. The lowest BCUT2D eigenvalue weighted by Crippen LogP contribution is -2.38. The summed E-state index contributed by atoms with van der Waals surface area (Å²) in [7, 11) is 0. The van der Waals surface area contributed by atoms with Crippen molar-refractivity contribution in [2.45, 2.75) is 52.1 Å². The predicted molar refractivity (Wildman–Crippen MR) is 136 cm³/mol. The predicted octanol–water partition coefficient (Wildman–Crippen LogP) is 5.56. The summed E-state index contributed by atoms with van der Waals surface area (Å²) in [5.41, 5.74) is 1.18. The maximum atomic E-state index is 13.2. The van der Waals surface area contributed by atoms with Crippen LogP contribution in [0.4, 0.5) is 4.39 Å². The van der Waals surface area contributed by atoms with Crippen molar-refractivity contribution in [3.05, 3.63) is 53.8 Å². The van der Waals surface area contributed by atoms with E-state index in [9.17, 15) is 4.39 Å². The molecule has 2 aliphatic heterocycles. The summed E-state index contributed by atoms with van der Waals surface area (Å²) in [6, 6.07) is 13.7. The molecular formula is C25H37Cl2FN2O3. The Balaban J connectivity index is 0.000000533. The Kier molecular flexibility index (Phi) is 12.9. The first-order chi connectivity index (χ1) is 14.9. The molecule has 2 aromatic carbocycles. The standard InChI is InChI=1S/C19H20FNO3.C6H15N.2ClH/c20-15-3-1-13(2-4-15)17-7-8-21-10-14(17)11-22-16-5-6-18-19(9-16)24-12-23-18;1-5(2)7-6(3)4;;/h1-6,9,14,17,21H,7-8,10-12H2;5-7H,1-4H3;2*1H/t14-,17-;;;/m0.../s1. The normalized spacial score (nSPS) is 18.6. The fraction of sp³-hybridized carbons (Fsp3) is 0.520. The fourth-order valence-electron chi connectivity index (χ4n) is 4.08. The Morgan fingerprint density at radius 1 is 1.00 bits per heavy atom. The van der Waals surface area contributed by atoms with E-state index in [1.807, 2.05) is 30.3 Å². The van der Waals surface area contributed by atoms with Crippen LogP contribution in [0.3, 0.4) is 0 Å². The second-order valence-corrected chi connectivity index (χ2v) is 8.71. The molecule has 33 heavy (non-hydrogen) atoms. The summed E-state index contributed by atoms with van der Waals surface area (Å²) in [6.45, 7) is 11.3. The van der Waals surface area contributed by atoms with Crippen LogP contribution in [0, 0.1) is 11.7 Å². The monoisotopic (exact) mass is 502 g/mol. The number of nitrogens with one attached hydrogen (secondary N) is 2. The van der Waals surface area contributed by atoms with Gasteiger partial charge in [0.25, 0.3) is 0 Å². The van der Waals surface area contributed by atoms with Gasteiger partial charge in [0.2, 0.25) is 6.79 Å². The minimum absolute atomic E-state index is 0. The molecule has 2 aromatic rings. The Morgan fingerprint density at radius 2 is 1.67 bits per heavy atom. The molecule has 0 saturated carbocycles. The summed E-state index contributed by atoms with van der Waals surface area (Å²) in [6.07, 6.45) is 1.03. The van der Waals surface area contributed by atoms with Crippen LogP contribution in [0.15, 0.2) is 42.5 Å². The van der Waals surface area contributed by atoms with E-state index in [4.69, 9.17) is 14.2 Å². The van der Waals surface area contributed by atoms with Crippen molar-refractivity contribution in [1.82, 2.24) is 10.6 Å². The molecular weight excluding hydrogens is 466 g/mol. The third kappa shape index (κ3) is 9.20. The second kappa shape index (κ2) is 14.5. The zero-order valence-electron chi connectivity index (χ0n) is 19.8. The average Bonchev–Trinajstić information content (AvgIpc) is 3.20. The Bertz CT molecular complexity index is 816. The molecule has 0 aliphatic carbocycles. The molecule has 0 aromatic heterocycles. The summed E-state index contributed by atoms with van der Waals surface area (Å²) in [4.78, 5) is 0. The molecule has 2 aliphatic rings. The quantitative estimate of drug-likeness (QED) is 0.541. The van der Waals surface area contributed by atoms with Crippen LogP contribution >= 0.6 is 24.8 Å². The fourth-order valence-corrected chi connectivity index (χ4v) is 4.08. The van der Waals surface area contributed by atoms with E-state index in [0.29, 0.717) is 30.5 Å². The zero-order valence-corrected chi connectivity index (χ0v) is 21.4. The van der Waals surface area contributed by atoms with Gasteiger partial charge in [0.05, 0.1) is 6.61 Å². The maximum Gasteiger partial charge on any atom is 0.231 e. The van der Waals surface area contributed by atoms with Crippen LogP contribution < -0.4 is 24.8 Å². The lowest BCUT2D eigenvalue weighted by atomic mass is 9.81. The lowest BCUT2D eigenvalue weighted by Gasteiger charge is -2.32. The Hall–Kier alpha value is -1.73. The highest BCUT2D eigenvalue weighted by atomic mass is 35.5. The molecule has 0 bridgehead atoms. The molecule has 186 valence electrons. The van der Waals surface area contributed by atoms with Crippen LogP contribution in [-0.4, -0.2) is 38.6 Å². The van der Waals surface area contributed by atoms with Gasteiger partial charge in [0.15, 0.2) is 11.5 Å².